The van der Waals surface area contributed by atoms with E-state index >= 15 is 0 Å². The Morgan fingerprint density at radius 2 is 1.95 bits per heavy atom. The summed E-state index contributed by atoms with van der Waals surface area (Å²) in [6, 6.07) is -0.0229. The van der Waals surface area contributed by atoms with Crippen molar-refractivity contribution in [1.82, 2.24) is 10.2 Å². The van der Waals surface area contributed by atoms with Gasteiger partial charge in [0.1, 0.15) is 6.61 Å². The van der Waals surface area contributed by atoms with Crippen molar-refractivity contribution in [3.05, 3.63) is 0 Å². The lowest BCUT2D eigenvalue weighted by Gasteiger charge is -2.35. The maximum Gasteiger partial charge on any atom is 0.329 e. The molecule has 0 aromatic heterocycles. The summed E-state index contributed by atoms with van der Waals surface area (Å²) in [7, 11) is 0. The number of likely N-dealkylation sites (tertiary alicyclic amines) is 1. The number of carbonyl (C=O) groups excluding carboxylic acids is 1. The SMILES string of the molecule is O=C(O)COC1CCN(C(=O)[C@@H]2CCCCN2)CC1. The molecule has 1 atom stereocenters. The van der Waals surface area contributed by atoms with Gasteiger partial charge in [-0.15, -0.1) is 0 Å². The van der Waals surface area contributed by atoms with Crippen LogP contribution in [0.4, 0.5) is 0 Å². The zero-order valence-electron chi connectivity index (χ0n) is 11.1. The van der Waals surface area contributed by atoms with E-state index in [1.165, 1.54) is 0 Å². The largest absolute Gasteiger partial charge is 0.480 e. The first-order valence-electron chi connectivity index (χ1n) is 7.02. The van der Waals surface area contributed by atoms with Gasteiger partial charge in [-0.1, -0.05) is 6.42 Å². The fourth-order valence-corrected chi connectivity index (χ4v) is 2.71. The summed E-state index contributed by atoms with van der Waals surface area (Å²) < 4.78 is 5.26. The zero-order chi connectivity index (χ0) is 13.7. The van der Waals surface area contributed by atoms with Gasteiger partial charge in [-0.2, -0.15) is 0 Å². The van der Waals surface area contributed by atoms with Gasteiger partial charge in [0.15, 0.2) is 0 Å². The van der Waals surface area contributed by atoms with Crippen LogP contribution >= 0.6 is 0 Å². The van der Waals surface area contributed by atoms with E-state index in [0.717, 1.165) is 38.6 Å². The number of amides is 1. The summed E-state index contributed by atoms with van der Waals surface area (Å²) >= 11 is 0. The molecule has 2 fully saturated rings. The van der Waals surface area contributed by atoms with Crippen molar-refractivity contribution in [2.45, 2.75) is 44.2 Å². The van der Waals surface area contributed by atoms with Gasteiger partial charge in [-0.3, -0.25) is 4.79 Å². The molecule has 1 amide bonds. The van der Waals surface area contributed by atoms with Crippen LogP contribution in [0.3, 0.4) is 0 Å². The summed E-state index contributed by atoms with van der Waals surface area (Å²) in [5.74, 6) is -0.749. The molecular weight excluding hydrogens is 248 g/mol. The summed E-state index contributed by atoms with van der Waals surface area (Å²) in [6.07, 6.45) is 4.61. The highest BCUT2D eigenvalue weighted by atomic mass is 16.5. The minimum absolute atomic E-state index is 0.0229. The summed E-state index contributed by atoms with van der Waals surface area (Å²) in [5.41, 5.74) is 0. The van der Waals surface area contributed by atoms with Crippen LogP contribution in [0.25, 0.3) is 0 Å². The van der Waals surface area contributed by atoms with E-state index in [1.54, 1.807) is 0 Å². The third-order valence-corrected chi connectivity index (χ3v) is 3.80. The van der Waals surface area contributed by atoms with E-state index < -0.39 is 5.97 Å². The Balaban J connectivity index is 1.72. The molecule has 0 unspecified atom stereocenters. The average Bonchev–Trinajstić information content (AvgIpc) is 2.46. The Labute approximate surface area is 113 Å². The Kier molecular flexibility index (Phi) is 5.15. The lowest BCUT2D eigenvalue weighted by atomic mass is 10.0. The molecule has 2 rings (SSSR count). The maximum absolute atomic E-state index is 12.3. The second-order valence-corrected chi connectivity index (χ2v) is 5.23. The van der Waals surface area contributed by atoms with Crippen LogP contribution in [0.5, 0.6) is 0 Å². The fraction of sp³-hybridized carbons (Fsp3) is 0.846. The number of piperidine rings is 2. The average molecular weight is 270 g/mol. The molecule has 0 spiro atoms. The van der Waals surface area contributed by atoms with Crippen LogP contribution < -0.4 is 5.32 Å². The Morgan fingerprint density at radius 3 is 2.53 bits per heavy atom. The molecule has 0 radical (unpaired) electrons. The van der Waals surface area contributed by atoms with Crippen molar-refractivity contribution in [1.29, 1.82) is 0 Å². The van der Waals surface area contributed by atoms with Crippen molar-refractivity contribution >= 4 is 11.9 Å². The quantitative estimate of drug-likeness (QED) is 0.764. The van der Waals surface area contributed by atoms with E-state index in [1.807, 2.05) is 4.90 Å². The second kappa shape index (κ2) is 6.86. The van der Waals surface area contributed by atoms with Crippen LogP contribution in [0, 0.1) is 0 Å². The number of ether oxygens (including phenoxy) is 1. The molecule has 0 aliphatic carbocycles. The van der Waals surface area contributed by atoms with Crippen LogP contribution in [0.2, 0.25) is 0 Å². The summed E-state index contributed by atoms with van der Waals surface area (Å²) in [6.45, 7) is 2.01. The van der Waals surface area contributed by atoms with Crippen molar-refractivity contribution < 1.29 is 19.4 Å². The molecule has 2 heterocycles. The normalized spacial score (nSPS) is 25.3. The van der Waals surface area contributed by atoms with E-state index in [0.29, 0.717) is 13.1 Å². The number of carbonyl (C=O) groups is 2. The predicted octanol–water partition coefficient (Wildman–Crippen LogP) is 0.221. The van der Waals surface area contributed by atoms with Crippen LogP contribution in [0.1, 0.15) is 32.1 Å². The van der Waals surface area contributed by atoms with Gasteiger partial charge >= 0.3 is 5.97 Å². The molecule has 2 aliphatic rings. The lowest BCUT2D eigenvalue weighted by molar-refractivity contribution is -0.147. The lowest BCUT2D eigenvalue weighted by Crippen LogP contribution is -2.51. The minimum atomic E-state index is -0.940. The van der Waals surface area contributed by atoms with E-state index in [-0.39, 0.29) is 24.7 Å². The Morgan fingerprint density at radius 1 is 1.21 bits per heavy atom. The third-order valence-electron chi connectivity index (χ3n) is 3.80. The van der Waals surface area contributed by atoms with E-state index in [4.69, 9.17) is 9.84 Å². The second-order valence-electron chi connectivity index (χ2n) is 5.23. The van der Waals surface area contributed by atoms with Crippen LogP contribution in [-0.2, 0) is 14.3 Å². The Hall–Kier alpha value is -1.14. The topological polar surface area (TPSA) is 78.9 Å². The van der Waals surface area contributed by atoms with Crippen molar-refractivity contribution in [3.8, 4) is 0 Å². The van der Waals surface area contributed by atoms with Crippen molar-refractivity contribution in [2.24, 2.45) is 0 Å². The number of carboxylic acids is 1. The number of hydrogen-bond acceptors (Lipinski definition) is 4. The molecule has 2 aliphatic heterocycles. The molecule has 6 heteroatoms. The van der Waals surface area contributed by atoms with Crippen molar-refractivity contribution in [3.63, 3.8) is 0 Å². The molecule has 2 saturated heterocycles. The predicted molar refractivity (Wildman–Crippen MR) is 68.8 cm³/mol. The number of nitrogens with zero attached hydrogens (tertiary/aromatic N) is 1. The number of rotatable bonds is 4. The van der Waals surface area contributed by atoms with Gasteiger partial charge in [-0.25, -0.2) is 4.79 Å². The number of carboxylic acid groups (broad SMARTS) is 1. The zero-order valence-corrected chi connectivity index (χ0v) is 11.1. The molecule has 0 bridgehead atoms. The number of nitrogens with one attached hydrogen (secondary N) is 1. The van der Waals surface area contributed by atoms with Gasteiger partial charge in [0.2, 0.25) is 5.91 Å². The number of aliphatic carboxylic acids is 1. The highest BCUT2D eigenvalue weighted by Crippen LogP contribution is 2.17. The molecule has 2 N–H and O–H groups in total. The summed E-state index contributed by atoms with van der Waals surface area (Å²) in [5, 5.41) is 11.8. The van der Waals surface area contributed by atoms with Gasteiger partial charge in [0.05, 0.1) is 12.1 Å². The standard InChI is InChI=1S/C13H22N2O4/c16-12(17)9-19-10-4-7-15(8-5-10)13(18)11-3-1-2-6-14-11/h10-11,14H,1-9H2,(H,16,17)/t11-/m0/s1. The minimum Gasteiger partial charge on any atom is -0.480 e. The first kappa shape index (κ1) is 14.3. The van der Waals surface area contributed by atoms with Gasteiger partial charge < -0.3 is 20.1 Å². The monoisotopic (exact) mass is 270 g/mol. The first-order valence-corrected chi connectivity index (χ1v) is 7.02. The number of hydrogen-bond donors (Lipinski definition) is 2. The molecule has 19 heavy (non-hydrogen) atoms. The van der Waals surface area contributed by atoms with E-state index in [2.05, 4.69) is 5.32 Å². The molecule has 0 aromatic rings. The highest BCUT2D eigenvalue weighted by molar-refractivity contribution is 5.82. The molecule has 6 nitrogen and oxygen atoms in total. The van der Waals surface area contributed by atoms with E-state index in [9.17, 15) is 9.59 Å². The molecule has 108 valence electrons. The molecule has 0 aromatic carbocycles. The maximum atomic E-state index is 12.3. The smallest absolute Gasteiger partial charge is 0.329 e. The van der Waals surface area contributed by atoms with Crippen LogP contribution in [-0.4, -0.2) is 60.3 Å². The molecular formula is C13H22N2O4. The van der Waals surface area contributed by atoms with Gasteiger partial charge in [0, 0.05) is 13.1 Å². The summed E-state index contributed by atoms with van der Waals surface area (Å²) in [4.78, 5) is 24.6. The Bertz CT molecular complexity index is 321. The first-order chi connectivity index (χ1) is 9.16. The fourth-order valence-electron chi connectivity index (χ4n) is 2.71. The van der Waals surface area contributed by atoms with Gasteiger partial charge in [0.25, 0.3) is 0 Å². The highest BCUT2D eigenvalue weighted by Gasteiger charge is 2.29. The van der Waals surface area contributed by atoms with Crippen LogP contribution in [0.15, 0.2) is 0 Å². The van der Waals surface area contributed by atoms with Gasteiger partial charge in [-0.05, 0) is 32.2 Å². The molecule has 0 saturated carbocycles. The third kappa shape index (κ3) is 4.18. The van der Waals surface area contributed by atoms with Crippen molar-refractivity contribution in [2.75, 3.05) is 26.2 Å².